The maximum Gasteiger partial charge on any atom is 0.347 e. The second-order valence-corrected chi connectivity index (χ2v) is 2.83. The molecule has 1 aromatic rings. The van der Waals surface area contributed by atoms with E-state index in [-0.39, 0.29) is 11.4 Å². The number of benzene rings is 1. The van der Waals surface area contributed by atoms with Gasteiger partial charge in [0.1, 0.15) is 5.75 Å². The molecule has 0 aromatic heterocycles. The fourth-order valence-electron chi connectivity index (χ4n) is 1.01. The van der Waals surface area contributed by atoms with Gasteiger partial charge in [-0.05, 0) is 26.0 Å². The van der Waals surface area contributed by atoms with Gasteiger partial charge in [-0.3, -0.25) is 0 Å². The van der Waals surface area contributed by atoms with Gasteiger partial charge < -0.3 is 14.9 Å². The van der Waals surface area contributed by atoms with Crippen LogP contribution < -0.4 is 4.74 Å². The second-order valence-electron chi connectivity index (χ2n) is 2.83. The van der Waals surface area contributed by atoms with Crippen LogP contribution in [0.25, 0.3) is 0 Å². The highest BCUT2D eigenvalue weighted by Crippen LogP contribution is 2.11. The van der Waals surface area contributed by atoms with E-state index in [1.807, 2.05) is 18.2 Å². The van der Waals surface area contributed by atoms with Crippen LogP contribution in [0.15, 0.2) is 30.3 Å². The van der Waals surface area contributed by atoms with Crippen molar-refractivity contribution in [2.45, 2.75) is 20.0 Å². The zero-order valence-electron chi connectivity index (χ0n) is 8.90. The van der Waals surface area contributed by atoms with Crippen molar-refractivity contribution in [3.05, 3.63) is 30.3 Å². The molecule has 15 heavy (non-hydrogen) atoms. The Bertz CT molecular complexity index is 284. The Morgan fingerprint density at radius 3 is 2.47 bits per heavy atom. The van der Waals surface area contributed by atoms with Crippen LogP contribution in [0.2, 0.25) is 0 Å². The van der Waals surface area contributed by atoms with Crippen molar-refractivity contribution >= 4 is 5.97 Å². The molecule has 0 saturated carbocycles. The molecular formula is C11H16O4. The highest BCUT2D eigenvalue weighted by atomic mass is 16.6. The van der Waals surface area contributed by atoms with Gasteiger partial charge in [0.05, 0.1) is 6.61 Å². The molecule has 0 aliphatic heterocycles. The Balaban J connectivity index is 0.00000196. The SMILES string of the molecule is CCOC(=O)[C@H](C)Oc1ccccc1.O. The van der Waals surface area contributed by atoms with E-state index in [4.69, 9.17) is 9.47 Å². The topological polar surface area (TPSA) is 67.0 Å². The maximum absolute atomic E-state index is 11.2. The van der Waals surface area contributed by atoms with Gasteiger partial charge in [0.25, 0.3) is 0 Å². The average Bonchev–Trinajstić information content (AvgIpc) is 2.19. The van der Waals surface area contributed by atoms with Gasteiger partial charge in [-0.2, -0.15) is 0 Å². The van der Waals surface area contributed by atoms with Crippen molar-refractivity contribution in [3.63, 3.8) is 0 Å². The highest BCUT2D eigenvalue weighted by Gasteiger charge is 2.14. The van der Waals surface area contributed by atoms with Crippen LogP contribution in [0.1, 0.15) is 13.8 Å². The van der Waals surface area contributed by atoms with E-state index in [0.29, 0.717) is 12.4 Å². The van der Waals surface area contributed by atoms with Crippen LogP contribution in [0.3, 0.4) is 0 Å². The molecular weight excluding hydrogens is 196 g/mol. The fourth-order valence-corrected chi connectivity index (χ4v) is 1.01. The Kier molecular flexibility index (Phi) is 6.13. The third-order valence-corrected chi connectivity index (χ3v) is 1.67. The normalized spacial score (nSPS) is 11.1. The smallest absolute Gasteiger partial charge is 0.347 e. The minimum atomic E-state index is -0.558. The van der Waals surface area contributed by atoms with Gasteiger partial charge in [-0.15, -0.1) is 0 Å². The largest absolute Gasteiger partial charge is 0.479 e. The lowest BCUT2D eigenvalue weighted by atomic mass is 10.3. The van der Waals surface area contributed by atoms with Gasteiger partial charge >= 0.3 is 5.97 Å². The maximum atomic E-state index is 11.2. The third kappa shape index (κ3) is 4.46. The Morgan fingerprint density at radius 1 is 1.33 bits per heavy atom. The summed E-state index contributed by atoms with van der Waals surface area (Å²) < 4.78 is 10.2. The third-order valence-electron chi connectivity index (χ3n) is 1.67. The number of para-hydroxylation sites is 1. The second kappa shape index (κ2) is 6.84. The van der Waals surface area contributed by atoms with Gasteiger partial charge in [0, 0.05) is 0 Å². The molecule has 0 radical (unpaired) electrons. The summed E-state index contributed by atoms with van der Waals surface area (Å²) in [7, 11) is 0. The van der Waals surface area contributed by atoms with Crippen LogP contribution >= 0.6 is 0 Å². The van der Waals surface area contributed by atoms with Crippen LogP contribution in [-0.4, -0.2) is 24.2 Å². The van der Waals surface area contributed by atoms with E-state index in [1.54, 1.807) is 26.0 Å². The van der Waals surface area contributed by atoms with E-state index < -0.39 is 6.10 Å². The van der Waals surface area contributed by atoms with Crippen molar-refractivity contribution in [1.82, 2.24) is 0 Å². The first-order chi connectivity index (χ1) is 6.74. The summed E-state index contributed by atoms with van der Waals surface area (Å²) in [5.41, 5.74) is 0. The van der Waals surface area contributed by atoms with Gasteiger partial charge in [-0.1, -0.05) is 18.2 Å². The van der Waals surface area contributed by atoms with Crippen LogP contribution in [0.4, 0.5) is 0 Å². The lowest BCUT2D eigenvalue weighted by molar-refractivity contribution is -0.150. The summed E-state index contributed by atoms with van der Waals surface area (Å²) in [6, 6.07) is 9.20. The summed E-state index contributed by atoms with van der Waals surface area (Å²) in [5.74, 6) is 0.337. The van der Waals surface area contributed by atoms with Gasteiger partial charge in [0.2, 0.25) is 0 Å². The number of hydrogen-bond donors (Lipinski definition) is 0. The van der Waals surface area contributed by atoms with Crippen LogP contribution in [0, 0.1) is 0 Å². The lowest BCUT2D eigenvalue weighted by Gasteiger charge is -2.12. The lowest BCUT2D eigenvalue weighted by Crippen LogP contribution is -2.25. The minimum absolute atomic E-state index is 0. The molecule has 0 amide bonds. The molecule has 0 aliphatic carbocycles. The molecule has 2 N–H and O–H groups in total. The number of hydrogen-bond acceptors (Lipinski definition) is 3. The monoisotopic (exact) mass is 212 g/mol. The predicted octanol–water partition coefficient (Wildman–Crippen LogP) is 1.19. The summed E-state index contributed by atoms with van der Waals surface area (Å²) in [6.45, 7) is 3.82. The molecule has 0 fully saturated rings. The summed E-state index contributed by atoms with van der Waals surface area (Å²) in [4.78, 5) is 11.2. The van der Waals surface area contributed by atoms with Crippen molar-refractivity contribution in [2.75, 3.05) is 6.61 Å². The molecule has 0 unspecified atom stereocenters. The molecule has 0 aliphatic rings. The quantitative estimate of drug-likeness (QED) is 0.704. The van der Waals surface area contributed by atoms with Crippen molar-refractivity contribution in [2.24, 2.45) is 0 Å². The number of carbonyl (C=O) groups excluding carboxylic acids is 1. The van der Waals surface area contributed by atoms with Crippen molar-refractivity contribution < 1.29 is 19.7 Å². The Morgan fingerprint density at radius 2 is 1.93 bits per heavy atom. The van der Waals surface area contributed by atoms with Crippen LogP contribution in [-0.2, 0) is 9.53 Å². The molecule has 1 aromatic carbocycles. The van der Waals surface area contributed by atoms with E-state index in [1.165, 1.54) is 0 Å². The van der Waals surface area contributed by atoms with E-state index in [2.05, 4.69) is 0 Å². The molecule has 1 atom stereocenters. The predicted molar refractivity (Wildman–Crippen MR) is 56.8 cm³/mol. The van der Waals surface area contributed by atoms with Gasteiger partial charge in [-0.25, -0.2) is 4.79 Å². The molecule has 84 valence electrons. The Hall–Kier alpha value is -1.55. The van der Waals surface area contributed by atoms with Crippen LogP contribution in [0.5, 0.6) is 5.75 Å². The van der Waals surface area contributed by atoms with Gasteiger partial charge in [0.15, 0.2) is 6.10 Å². The molecule has 0 saturated heterocycles. The Labute approximate surface area is 89.1 Å². The molecule has 0 spiro atoms. The summed E-state index contributed by atoms with van der Waals surface area (Å²) in [5, 5.41) is 0. The first-order valence-electron chi connectivity index (χ1n) is 4.62. The molecule has 1 rings (SSSR count). The zero-order chi connectivity index (χ0) is 10.4. The summed E-state index contributed by atoms with van der Waals surface area (Å²) >= 11 is 0. The number of ether oxygens (including phenoxy) is 2. The van der Waals surface area contributed by atoms with Crippen molar-refractivity contribution in [1.29, 1.82) is 0 Å². The zero-order valence-corrected chi connectivity index (χ0v) is 8.90. The molecule has 4 nitrogen and oxygen atoms in total. The molecule has 0 heterocycles. The first-order valence-corrected chi connectivity index (χ1v) is 4.62. The average molecular weight is 212 g/mol. The number of esters is 1. The fraction of sp³-hybridized carbons (Fsp3) is 0.364. The first kappa shape index (κ1) is 13.4. The molecule has 0 bridgehead atoms. The van der Waals surface area contributed by atoms with Crippen molar-refractivity contribution in [3.8, 4) is 5.75 Å². The standard InChI is InChI=1S/C11H14O3.H2O/c1-3-13-11(12)9(2)14-10-7-5-4-6-8-10;/h4-9H,3H2,1-2H3;1H2/t9-;/m0./s1. The van der Waals surface area contributed by atoms with E-state index in [9.17, 15) is 4.79 Å². The number of rotatable bonds is 4. The minimum Gasteiger partial charge on any atom is -0.479 e. The van der Waals surface area contributed by atoms with E-state index >= 15 is 0 Å². The molecule has 4 heteroatoms. The summed E-state index contributed by atoms with van der Waals surface area (Å²) in [6.07, 6.45) is -0.558. The highest BCUT2D eigenvalue weighted by molar-refractivity contribution is 5.74. The number of carbonyl (C=O) groups is 1. The van der Waals surface area contributed by atoms with E-state index in [0.717, 1.165) is 0 Å².